The van der Waals surface area contributed by atoms with E-state index in [1.54, 1.807) is 27.7 Å². The molecule has 5 heteroatoms. The van der Waals surface area contributed by atoms with Crippen molar-refractivity contribution in [3.63, 3.8) is 0 Å². The second kappa shape index (κ2) is 8.28. The lowest BCUT2D eigenvalue weighted by Crippen LogP contribution is -2.23. The number of phenolic OH excluding ortho intramolecular Hbond substituents is 1. The molecule has 31 heavy (non-hydrogen) atoms. The fourth-order valence-corrected chi connectivity index (χ4v) is 6.96. The first-order chi connectivity index (χ1) is 14.5. The SMILES string of the molecule is Cc1cc(C)c(C(=O)P(=O)(C(=O)c2c(C)cc(C)cc2C)c2cccc(O)c2)c(C)c1. The number of benzene rings is 3. The summed E-state index contributed by atoms with van der Waals surface area (Å²) in [6.07, 6.45) is 0. The highest BCUT2D eigenvalue weighted by atomic mass is 31.2. The van der Waals surface area contributed by atoms with Gasteiger partial charge in [-0.1, -0.05) is 47.5 Å². The fraction of sp³-hybridized carbons (Fsp3) is 0.231. The molecule has 0 aromatic heterocycles. The van der Waals surface area contributed by atoms with Crippen molar-refractivity contribution < 1.29 is 19.3 Å². The molecule has 3 rings (SSSR count). The van der Waals surface area contributed by atoms with Crippen LogP contribution in [0.15, 0.2) is 48.5 Å². The van der Waals surface area contributed by atoms with E-state index in [-0.39, 0.29) is 11.1 Å². The molecule has 3 aromatic carbocycles. The highest BCUT2D eigenvalue weighted by Gasteiger charge is 2.44. The van der Waals surface area contributed by atoms with Crippen molar-refractivity contribution in [3.8, 4) is 5.75 Å². The van der Waals surface area contributed by atoms with Crippen LogP contribution >= 0.6 is 7.14 Å². The van der Waals surface area contributed by atoms with Gasteiger partial charge in [0.25, 0.3) is 0 Å². The Balaban J connectivity index is 2.34. The number of hydrogen-bond donors (Lipinski definition) is 1. The van der Waals surface area contributed by atoms with Gasteiger partial charge in [-0.3, -0.25) is 9.59 Å². The van der Waals surface area contributed by atoms with Gasteiger partial charge in [0, 0.05) is 16.4 Å². The maximum absolute atomic E-state index is 14.5. The van der Waals surface area contributed by atoms with Crippen LogP contribution in [0.3, 0.4) is 0 Å². The molecule has 0 aliphatic rings. The van der Waals surface area contributed by atoms with Crippen LogP contribution in [0, 0.1) is 41.5 Å². The molecule has 0 aliphatic carbocycles. The summed E-state index contributed by atoms with van der Waals surface area (Å²) >= 11 is 0. The van der Waals surface area contributed by atoms with Crippen molar-refractivity contribution in [2.24, 2.45) is 0 Å². The Kier molecular flexibility index (Phi) is 6.07. The zero-order valence-corrected chi connectivity index (χ0v) is 19.6. The van der Waals surface area contributed by atoms with Gasteiger partial charge in [-0.05, 0) is 75.9 Å². The largest absolute Gasteiger partial charge is 0.508 e. The third-order valence-electron chi connectivity index (χ3n) is 5.55. The molecule has 1 N–H and O–H groups in total. The van der Waals surface area contributed by atoms with Crippen LogP contribution in [0.2, 0.25) is 0 Å². The predicted octanol–water partition coefficient (Wildman–Crippen LogP) is 5.91. The van der Waals surface area contributed by atoms with Crippen molar-refractivity contribution in [1.82, 2.24) is 0 Å². The van der Waals surface area contributed by atoms with E-state index >= 15 is 0 Å². The molecule has 0 amide bonds. The van der Waals surface area contributed by atoms with Crippen LogP contribution in [0.4, 0.5) is 0 Å². The predicted molar refractivity (Wildman–Crippen MR) is 125 cm³/mol. The molecule has 0 heterocycles. The molecule has 0 bridgehead atoms. The van der Waals surface area contributed by atoms with Gasteiger partial charge in [0.2, 0.25) is 18.2 Å². The van der Waals surface area contributed by atoms with E-state index in [1.165, 1.54) is 24.3 Å². The summed E-state index contributed by atoms with van der Waals surface area (Å²) in [5, 5.41) is 10.1. The monoisotopic (exact) mass is 434 g/mol. The molecule has 0 saturated heterocycles. The highest BCUT2D eigenvalue weighted by Crippen LogP contribution is 2.53. The van der Waals surface area contributed by atoms with E-state index in [9.17, 15) is 19.3 Å². The molecule has 0 atom stereocenters. The van der Waals surface area contributed by atoms with E-state index in [1.807, 2.05) is 38.1 Å². The van der Waals surface area contributed by atoms with Gasteiger partial charge in [-0.2, -0.15) is 0 Å². The molecule has 0 spiro atoms. The number of aromatic hydroxyl groups is 1. The molecule has 4 nitrogen and oxygen atoms in total. The molecule has 0 radical (unpaired) electrons. The van der Waals surface area contributed by atoms with Gasteiger partial charge in [-0.15, -0.1) is 0 Å². The average Bonchev–Trinajstić information content (AvgIpc) is 2.65. The van der Waals surface area contributed by atoms with Crippen molar-refractivity contribution in [2.75, 3.05) is 0 Å². The summed E-state index contributed by atoms with van der Waals surface area (Å²) < 4.78 is 14.5. The van der Waals surface area contributed by atoms with Gasteiger partial charge in [0.15, 0.2) is 0 Å². The summed E-state index contributed by atoms with van der Waals surface area (Å²) in [7, 11) is -4.30. The lowest BCUT2D eigenvalue weighted by Gasteiger charge is -2.21. The minimum absolute atomic E-state index is 0.0428. The molecule has 0 fully saturated rings. The van der Waals surface area contributed by atoms with Gasteiger partial charge < -0.3 is 9.67 Å². The lowest BCUT2D eigenvalue weighted by molar-refractivity contribution is 0.104. The highest BCUT2D eigenvalue weighted by molar-refractivity contribution is 8.01. The molecular formula is C26H27O4P. The topological polar surface area (TPSA) is 71.4 Å². The Morgan fingerprint density at radius 1 is 0.677 bits per heavy atom. The number of carbonyl (C=O) groups is 2. The fourth-order valence-electron chi connectivity index (χ4n) is 4.37. The number of hydrogen-bond acceptors (Lipinski definition) is 4. The molecular weight excluding hydrogens is 407 g/mol. The summed E-state index contributed by atoms with van der Waals surface area (Å²) in [4.78, 5) is 27.7. The third-order valence-corrected chi connectivity index (χ3v) is 8.14. The van der Waals surface area contributed by atoms with Gasteiger partial charge in [0.1, 0.15) is 5.75 Å². The van der Waals surface area contributed by atoms with Crippen LogP contribution in [0.5, 0.6) is 5.75 Å². The Labute approximate surface area is 183 Å². The molecule has 3 aromatic rings. The first kappa shape index (κ1) is 22.7. The maximum atomic E-state index is 14.5. The van der Waals surface area contributed by atoms with Crippen LogP contribution in [0.25, 0.3) is 0 Å². The van der Waals surface area contributed by atoms with Crippen molar-refractivity contribution in [3.05, 3.63) is 93.0 Å². The quantitative estimate of drug-likeness (QED) is 0.507. The summed E-state index contributed by atoms with van der Waals surface area (Å²) in [6, 6.07) is 13.1. The number of phenols is 1. The average molecular weight is 434 g/mol. The van der Waals surface area contributed by atoms with Crippen LogP contribution in [0.1, 0.15) is 54.1 Å². The molecule has 0 unspecified atom stereocenters. The smallest absolute Gasteiger partial charge is 0.248 e. The Morgan fingerprint density at radius 2 is 1.06 bits per heavy atom. The summed E-state index contributed by atoms with van der Waals surface area (Å²) in [5.41, 5.74) is 3.86. The first-order valence-corrected chi connectivity index (χ1v) is 11.8. The Hall–Kier alpha value is -2.97. The van der Waals surface area contributed by atoms with Crippen LogP contribution in [-0.4, -0.2) is 16.2 Å². The van der Waals surface area contributed by atoms with Crippen molar-refractivity contribution >= 4 is 23.5 Å². The second-order valence-corrected chi connectivity index (χ2v) is 10.8. The standard InChI is InChI=1S/C26H27O4P/c1-15-10-17(3)23(18(4)11-15)25(28)31(30,22-9-7-8-21(27)14-22)26(29)24-19(5)12-16(2)13-20(24)6/h7-14,27H,1-6H3. The van der Waals surface area contributed by atoms with Gasteiger partial charge in [0.05, 0.1) is 0 Å². The van der Waals surface area contributed by atoms with Gasteiger partial charge in [-0.25, -0.2) is 0 Å². The molecule has 160 valence electrons. The number of rotatable bonds is 5. The number of carbonyl (C=O) groups excluding carboxylic acids is 2. The zero-order valence-electron chi connectivity index (χ0n) is 18.7. The van der Waals surface area contributed by atoms with Crippen LogP contribution in [-0.2, 0) is 4.57 Å². The normalized spacial score (nSPS) is 11.4. The summed E-state index contributed by atoms with van der Waals surface area (Å²) in [5.74, 6) is -0.145. The van der Waals surface area contributed by atoms with Gasteiger partial charge >= 0.3 is 0 Å². The Bertz CT molecular complexity index is 1150. The maximum Gasteiger partial charge on any atom is 0.248 e. The molecule has 0 saturated carbocycles. The van der Waals surface area contributed by atoms with E-state index in [0.29, 0.717) is 33.4 Å². The van der Waals surface area contributed by atoms with E-state index in [0.717, 1.165) is 11.1 Å². The minimum Gasteiger partial charge on any atom is -0.508 e. The Morgan fingerprint density at radius 3 is 1.42 bits per heavy atom. The first-order valence-electron chi connectivity index (χ1n) is 10.1. The lowest BCUT2D eigenvalue weighted by atomic mass is 10.0. The van der Waals surface area contributed by atoms with E-state index in [2.05, 4.69) is 0 Å². The second-order valence-electron chi connectivity index (χ2n) is 8.29. The third kappa shape index (κ3) is 4.00. The number of aryl methyl sites for hydroxylation is 6. The van der Waals surface area contributed by atoms with Crippen LogP contribution < -0.4 is 5.30 Å². The van der Waals surface area contributed by atoms with E-state index < -0.39 is 18.2 Å². The molecule has 0 aliphatic heterocycles. The minimum atomic E-state index is -4.30. The summed E-state index contributed by atoms with van der Waals surface area (Å²) in [6.45, 7) is 11.0. The zero-order chi connectivity index (χ0) is 23.1. The van der Waals surface area contributed by atoms with Crippen molar-refractivity contribution in [2.45, 2.75) is 41.5 Å². The van der Waals surface area contributed by atoms with E-state index in [4.69, 9.17) is 0 Å². The van der Waals surface area contributed by atoms with Crippen molar-refractivity contribution in [1.29, 1.82) is 0 Å².